The molecule has 1 saturated carbocycles. The summed E-state index contributed by atoms with van der Waals surface area (Å²) < 4.78 is 5.40. The smallest absolute Gasteiger partial charge is 0.123 e. The molecular weight excluding hydrogens is 236 g/mol. The third-order valence-electron chi connectivity index (χ3n) is 4.41. The zero-order valence-electron chi connectivity index (χ0n) is 11.9. The largest absolute Gasteiger partial charge is 0.496 e. The van der Waals surface area contributed by atoms with Gasteiger partial charge in [0.05, 0.1) is 7.11 Å². The first-order chi connectivity index (χ1) is 9.28. The van der Waals surface area contributed by atoms with Crippen molar-refractivity contribution < 1.29 is 4.74 Å². The highest BCUT2D eigenvalue weighted by Crippen LogP contribution is 2.33. The van der Waals surface area contributed by atoms with Crippen molar-refractivity contribution in [3.8, 4) is 5.75 Å². The number of hydrogen-bond acceptors (Lipinski definition) is 3. The molecule has 1 saturated heterocycles. The summed E-state index contributed by atoms with van der Waals surface area (Å²) in [4.78, 5) is 2.68. The van der Waals surface area contributed by atoms with Crippen molar-refractivity contribution in [3.05, 3.63) is 29.8 Å². The third kappa shape index (κ3) is 2.93. The predicted octanol–water partition coefficient (Wildman–Crippen LogP) is 2.41. The molecule has 0 bridgehead atoms. The first-order valence-electron chi connectivity index (χ1n) is 7.39. The number of rotatable bonds is 5. The van der Waals surface area contributed by atoms with Crippen LogP contribution in [0.15, 0.2) is 24.3 Å². The van der Waals surface area contributed by atoms with E-state index in [1.54, 1.807) is 7.11 Å². The second-order valence-electron chi connectivity index (χ2n) is 5.90. The van der Waals surface area contributed by atoms with Crippen molar-refractivity contribution in [2.24, 2.45) is 0 Å². The molecule has 0 amide bonds. The van der Waals surface area contributed by atoms with Gasteiger partial charge in [-0.3, -0.25) is 4.90 Å². The molecule has 0 aromatic heterocycles. The van der Waals surface area contributed by atoms with E-state index in [0.717, 1.165) is 24.4 Å². The SMILES string of the molecule is COc1ccccc1CN[C@@H]1C[C@@H](C)N(C2CC2)C1. The maximum atomic E-state index is 5.40. The molecule has 1 aromatic rings. The Balaban J connectivity index is 1.55. The van der Waals surface area contributed by atoms with E-state index in [4.69, 9.17) is 4.74 Å². The topological polar surface area (TPSA) is 24.5 Å². The van der Waals surface area contributed by atoms with Crippen molar-refractivity contribution >= 4 is 0 Å². The summed E-state index contributed by atoms with van der Waals surface area (Å²) in [5, 5.41) is 3.69. The first-order valence-corrected chi connectivity index (χ1v) is 7.39. The fourth-order valence-electron chi connectivity index (χ4n) is 3.22. The molecule has 3 rings (SSSR count). The lowest BCUT2D eigenvalue weighted by atomic mass is 10.1. The van der Waals surface area contributed by atoms with E-state index in [9.17, 15) is 0 Å². The maximum Gasteiger partial charge on any atom is 0.123 e. The number of methoxy groups -OCH3 is 1. The Labute approximate surface area is 115 Å². The van der Waals surface area contributed by atoms with Gasteiger partial charge in [0.1, 0.15) is 5.75 Å². The number of likely N-dealkylation sites (tertiary alicyclic amines) is 1. The predicted molar refractivity (Wildman–Crippen MR) is 77.4 cm³/mol. The van der Waals surface area contributed by atoms with E-state index < -0.39 is 0 Å². The Hall–Kier alpha value is -1.06. The average Bonchev–Trinajstić information content (AvgIpc) is 3.21. The minimum Gasteiger partial charge on any atom is -0.496 e. The van der Waals surface area contributed by atoms with Crippen LogP contribution in [-0.4, -0.2) is 36.7 Å². The van der Waals surface area contributed by atoms with Gasteiger partial charge in [-0.05, 0) is 32.3 Å². The highest BCUT2D eigenvalue weighted by atomic mass is 16.5. The summed E-state index contributed by atoms with van der Waals surface area (Å²) in [6, 6.07) is 10.5. The van der Waals surface area contributed by atoms with Crippen LogP contribution < -0.4 is 10.1 Å². The van der Waals surface area contributed by atoms with Crippen LogP contribution >= 0.6 is 0 Å². The number of benzene rings is 1. The monoisotopic (exact) mass is 260 g/mol. The van der Waals surface area contributed by atoms with E-state index >= 15 is 0 Å². The van der Waals surface area contributed by atoms with Crippen molar-refractivity contribution in [1.29, 1.82) is 0 Å². The molecule has 2 atom stereocenters. The highest BCUT2D eigenvalue weighted by Gasteiger charge is 2.38. The van der Waals surface area contributed by atoms with E-state index in [-0.39, 0.29) is 0 Å². The fourth-order valence-corrected chi connectivity index (χ4v) is 3.22. The third-order valence-corrected chi connectivity index (χ3v) is 4.41. The summed E-state index contributed by atoms with van der Waals surface area (Å²) >= 11 is 0. The first kappa shape index (κ1) is 12.9. The van der Waals surface area contributed by atoms with Gasteiger partial charge in [-0.2, -0.15) is 0 Å². The summed E-state index contributed by atoms with van der Waals surface area (Å²) in [6.07, 6.45) is 4.08. The van der Waals surface area contributed by atoms with E-state index in [2.05, 4.69) is 29.3 Å². The second kappa shape index (κ2) is 5.51. The summed E-state index contributed by atoms with van der Waals surface area (Å²) in [5.41, 5.74) is 1.25. The van der Waals surface area contributed by atoms with Gasteiger partial charge in [0.25, 0.3) is 0 Å². The number of nitrogens with zero attached hydrogens (tertiary/aromatic N) is 1. The van der Waals surface area contributed by atoms with Gasteiger partial charge in [0.2, 0.25) is 0 Å². The van der Waals surface area contributed by atoms with Gasteiger partial charge in [0, 0.05) is 36.8 Å². The molecule has 3 heteroatoms. The molecule has 2 aliphatic rings. The van der Waals surface area contributed by atoms with Crippen molar-refractivity contribution in [1.82, 2.24) is 10.2 Å². The minimum atomic E-state index is 0.625. The van der Waals surface area contributed by atoms with E-state index in [1.807, 2.05) is 12.1 Å². The Morgan fingerprint density at radius 1 is 1.32 bits per heavy atom. The van der Waals surface area contributed by atoms with Crippen LogP contribution in [0.3, 0.4) is 0 Å². The quantitative estimate of drug-likeness (QED) is 0.880. The minimum absolute atomic E-state index is 0.625. The summed E-state index contributed by atoms with van der Waals surface area (Å²) in [7, 11) is 1.74. The maximum absolute atomic E-state index is 5.40. The lowest BCUT2D eigenvalue weighted by molar-refractivity contribution is 0.255. The lowest BCUT2D eigenvalue weighted by Crippen LogP contribution is -2.33. The molecular formula is C16H24N2O. The van der Waals surface area contributed by atoms with Crippen LogP contribution in [0.25, 0.3) is 0 Å². The highest BCUT2D eigenvalue weighted by molar-refractivity contribution is 5.33. The summed E-state index contributed by atoms with van der Waals surface area (Å²) in [6.45, 7) is 4.48. The van der Waals surface area contributed by atoms with Gasteiger partial charge < -0.3 is 10.1 Å². The Morgan fingerprint density at radius 3 is 2.84 bits per heavy atom. The van der Waals surface area contributed by atoms with Crippen LogP contribution in [0, 0.1) is 0 Å². The van der Waals surface area contributed by atoms with Crippen LogP contribution in [0.1, 0.15) is 31.7 Å². The van der Waals surface area contributed by atoms with Gasteiger partial charge in [-0.15, -0.1) is 0 Å². The zero-order chi connectivity index (χ0) is 13.2. The van der Waals surface area contributed by atoms with Crippen molar-refractivity contribution in [2.75, 3.05) is 13.7 Å². The molecule has 19 heavy (non-hydrogen) atoms. The van der Waals surface area contributed by atoms with E-state index in [0.29, 0.717) is 6.04 Å². The molecule has 1 aromatic carbocycles. The molecule has 1 aliphatic heterocycles. The Morgan fingerprint density at radius 2 is 2.11 bits per heavy atom. The molecule has 0 unspecified atom stereocenters. The van der Waals surface area contributed by atoms with Crippen molar-refractivity contribution in [3.63, 3.8) is 0 Å². The number of nitrogens with one attached hydrogen (secondary N) is 1. The zero-order valence-corrected chi connectivity index (χ0v) is 11.9. The van der Waals surface area contributed by atoms with E-state index in [1.165, 1.54) is 31.4 Å². The van der Waals surface area contributed by atoms with Crippen molar-refractivity contribution in [2.45, 2.75) is 50.9 Å². The van der Waals surface area contributed by atoms with Crippen LogP contribution in [0.5, 0.6) is 5.75 Å². The van der Waals surface area contributed by atoms with Crippen LogP contribution in [0.4, 0.5) is 0 Å². The lowest BCUT2D eigenvalue weighted by Gasteiger charge is -2.20. The normalized spacial score (nSPS) is 27.7. The van der Waals surface area contributed by atoms with Gasteiger partial charge in [-0.1, -0.05) is 18.2 Å². The van der Waals surface area contributed by atoms with Gasteiger partial charge in [-0.25, -0.2) is 0 Å². The number of para-hydroxylation sites is 1. The fraction of sp³-hybridized carbons (Fsp3) is 0.625. The molecule has 1 aliphatic carbocycles. The van der Waals surface area contributed by atoms with Crippen LogP contribution in [0.2, 0.25) is 0 Å². The second-order valence-corrected chi connectivity index (χ2v) is 5.90. The standard InChI is InChI=1S/C16H24N2O/c1-12-9-14(11-18(12)15-7-8-15)17-10-13-5-3-4-6-16(13)19-2/h3-6,12,14-15,17H,7-11H2,1-2H3/t12-,14-/m1/s1. The molecule has 1 N–H and O–H groups in total. The Bertz CT molecular complexity index is 431. The summed E-state index contributed by atoms with van der Waals surface area (Å²) in [5.74, 6) is 0.986. The molecule has 2 fully saturated rings. The number of hydrogen-bond donors (Lipinski definition) is 1. The average molecular weight is 260 g/mol. The number of ether oxygens (including phenoxy) is 1. The van der Waals surface area contributed by atoms with Crippen LogP contribution in [-0.2, 0) is 6.54 Å². The molecule has 3 nitrogen and oxygen atoms in total. The molecule has 0 spiro atoms. The Kier molecular flexibility index (Phi) is 3.76. The molecule has 0 radical (unpaired) electrons. The molecule has 1 heterocycles. The van der Waals surface area contributed by atoms with Gasteiger partial charge in [0.15, 0.2) is 0 Å². The molecule has 104 valence electrons. The van der Waals surface area contributed by atoms with Gasteiger partial charge >= 0.3 is 0 Å².